The second-order valence-corrected chi connectivity index (χ2v) is 4.55. The summed E-state index contributed by atoms with van der Waals surface area (Å²) in [7, 11) is 0. The van der Waals surface area contributed by atoms with Gasteiger partial charge in [0, 0.05) is 6.04 Å². The molecule has 1 aromatic rings. The summed E-state index contributed by atoms with van der Waals surface area (Å²) in [6.07, 6.45) is 0.867. The summed E-state index contributed by atoms with van der Waals surface area (Å²) in [5.74, 6) is -1.10. The summed E-state index contributed by atoms with van der Waals surface area (Å²) in [5, 5.41) is 8.89. The van der Waals surface area contributed by atoms with Gasteiger partial charge in [0.05, 0.1) is 6.54 Å². The third-order valence-corrected chi connectivity index (χ3v) is 3.08. The van der Waals surface area contributed by atoms with Crippen LogP contribution in [0.2, 0.25) is 0 Å². The molecule has 3 nitrogen and oxygen atoms in total. The number of aryl methyl sites for hydroxylation is 1. The van der Waals surface area contributed by atoms with E-state index in [4.69, 9.17) is 5.11 Å². The third-order valence-electron chi connectivity index (χ3n) is 3.08. The number of aliphatic carboxylic acids is 1. The minimum atomic E-state index is -0.858. The Balaban J connectivity index is 2.89. The lowest BCUT2D eigenvalue weighted by Gasteiger charge is -2.27. The second kappa shape index (κ2) is 6.50. The molecule has 1 unspecified atom stereocenters. The van der Waals surface area contributed by atoms with Gasteiger partial charge < -0.3 is 5.11 Å². The first-order chi connectivity index (χ1) is 8.45. The van der Waals surface area contributed by atoms with Crippen LogP contribution in [0.15, 0.2) is 18.2 Å². The summed E-state index contributed by atoms with van der Waals surface area (Å²) < 4.78 is 13.5. The van der Waals surface area contributed by atoms with Crippen LogP contribution < -0.4 is 0 Å². The fourth-order valence-electron chi connectivity index (χ4n) is 1.95. The van der Waals surface area contributed by atoms with Crippen molar-refractivity contribution in [3.05, 3.63) is 35.1 Å². The standard InChI is InChI=1S/C14H20FNO2/c1-4-7-16(9-14(17)18)11(3)12-6-5-10(2)13(15)8-12/h5-6,8,11H,4,7,9H2,1-3H3,(H,17,18). The van der Waals surface area contributed by atoms with Crippen LogP contribution in [-0.4, -0.2) is 29.1 Å². The largest absolute Gasteiger partial charge is 0.480 e. The van der Waals surface area contributed by atoms with Crippen molar-refractivity contribution in [1.29, 1.82) is 0 Å². The minimum absolute atomic E-state index is 0.0233. The van der Waals surface area contributed by atoms with E-state index in [1.807, 2.05) is 24.8 Å². The summed E-state index contributed by atoms with van der Waals surface area (Å²) in [6, 6.07) is 4.97. The number of nitrogens with zero attached hydrogens (tertiary/aromatic N) is 1. The maximum Gasteiger partial charge on any atom is 0.317 e. The lowest BCUT2D eigenvalue weighted by Crippen LogP contribution is -2.33. The monoisotopic (exact) mass is 253 g/mol. The van der Waals surface area contributed by atoms with Crippen molar-refractivity contribution >= 4 is 5.97 Å². The predicted molar refractivity (Wildman–Crippen MR) is 69.1 cm³/mol. The maximum absolute atomic E-state index is 13.5. The third kappa shape index (κ3) is 3.81. The van der Waals surface area contributed by atoms with Crippen molar-refractivity contribution in [3.8, 4) is 0 Å². The summed E-state index contributed by atoms with van der Waals surface area (Å²) >= 11 is 0. The SMILES string of the molecule is CCCN(CC(=O)O)C(C)c1ccc(C)c(F)c1. The van der Waals surface area contributed by atoms with Gasteiger partial charge >= 0.3 is 5.97 Å². The molecule has 1 atom stereocenters. The quantitative estimate of drug-likeness (QED) is 0.847. The van der Waals surface area contributed by atoms with Crippen molar-refractivity contribution in [2.24, 2.45) is 0 Å². The molecule has 4 heteroatoms. The fourth-order valence-corrected chi connectivity index (χ4v) is 1.95. The molecule has 1 rings (SSSR count). The van der Waals surface area contributed by atoms with Crippen LogP contribution in [0, 0.1) is 12.7 Å². The van der Waals surface area contributed by atoms with Crippen molar-refractivity contribution in [3.63, 3.8) is 0 Å². The number of halogens is 1. The van der Waals surface area contributed by atoms with E-state index >= 15 is 0 Å². The van der Waals surface area contributed by atoms with Crippen LogP contribution in [0.1, 0.15) is 37.4 Å². The molecule has 18 heavy (non-hydrogen) atoms. The first-order valence-electron chi connectivity index (χ1n) is 6.17. The molecule has 0 aliphatic heterocycles. The molecular formula is C14H20FNO2. The van der Waals surface area contributed by atoms with Crippen molar-refractivity contribution < 1.29 is 14.3 Å². The van der Waals surface area contributed by atoms with E-state index in [2.05, 4.69) is 0 Å². The zero-order valence-corrected chi connectivity index (χ0v) is 11.1. The van der Waals surface area contributed by atoms with E-state index in [-0.39, 0.29) is 18.4 Å². The molecule has 1 N–H and O–H groups in total. The molecule has 0 aliphatic rings. The number of carboxylic acid groups (broad SMARTS) is 1. The normalized spacial score (nSPS) is 12.7. The average molecular weight is 253 g/mol. The highest BCUT2D eigenvalue weighted by Crippen LogP contribution is 2.22. The Morgan fingerprint density at radius 1 is 1.50 bits per heavy atom. The first-order valence-corrected chi connectivity index (χ1v) is 6.17. The Morgan fingerprint density at radius 3 is 2.67 bits per heavy atom. The minimum Gasteiger partial charge on any atom is -0.480 e. The molecule has 0 bridgehead atoms. The zero-order valence-electron chi connectivity index (χ0n) is 11.1. The molecule has 0 radical (unpaired) electrons. The summed E-state index contributed by atoms with van der Waals surface area (Å²) in [4.78, 5) is 12.7. The Bertz CT molecular complexity index is 420. The highest BCUT2D eigenvalue weighted by Gasteiger charge is 2.18. The van der Waals surface area contributed by atoms with Gasteiger partial charge in [-0.05, 0) is 44.0 Å². The molecule has 0 aromatic heterocycles. The Kier molecular flexibility index (Phi) is 5.28. The molecule has 0 spiro atoms. The number of carboxylic acids is 1. The summed E-state index contributed by atoms with van der Waals surface area (Å²) in [5.41, 5.74) is 1.42. The lowest BCUT2D eigenvalue weighted by atomic mass is 10.0. The van der Waals surface area contributed by atoms with Gasteiger partial charge in [0.15, 0.2) is 0 Å². The van der Waals surface area contributed by atoms with E-state index in [9.17, 15) is 9.18 Å². The predicted octanol–water partition coefficient (Wildman–Crippen LogP) is 2.99. The highest BCUT2D eigenvalue weighted by molar-refractivity contribution is 5.69. The summed E-state index contributed by atoms with van der Waals surface area (Å²) in [6.45, 7) is 6.28. The number of benzene rings is 1. The number of rotatable bonds is 6. The molecule has 0 heterocycles. The molecule has 100 valence electrons. The van der Waals surface area contributed by atoms with Gasteiger partial charge in [-0.15, -0.1) is 0 Å². The van der Waals surface area contributed by atoms with Crippen LogP contribution in [0.3, 0.4) is 0 Å². The molecule has 0 saturated carbocycles. The van der Waals surface area contributed by atoms with Crippen LogP contribution in [0.5, 0.6) is 0 Å². The van der Waals surface area contributed by atoms with Gasteiger partial charge in [-0.1, -0.05) is 19.1 Å². The van der Waals surface area contributed by atoms with Crippen molar-refractivity contribution in [2.45, 2.75) is 33.2 Å². The van der Waals surface area contributed by atoms with E-state index in [1.54, 1.807) is 13.0 Å². The van der Waals surface area contributed by atoms with Gasteiger partial charge in [0.1, 0.15) is 5.82 Å². The molecule has 0 aliphatic carbocycles. The first kappa shape index (κ1) is 14.6. The fraction of sp³-hybridized carbons (Fsp3) is 0.500. The van der Waals surface area contributed by atoms with E-state index < -0.39 is 5.97 Å². The van der Waals surface area contributed by atoms with Crippen LogP contribution in [0.4, 0.5) is 4.39 Å². The smallest absolute Gasteiger partial charge is 0.317 e. The van der Waals surface area contributed by atoms with E-state index in [0.717, 1.165) is 12.0 Å². The van der Waals surface area contributed by atoms with E-state index in [1.165, 1.54) is 6.07 Å². The number of hydrogen-bond acceptors (Lipinski definition) is 2. The molecule has 0 amide bonds. The van der Waals surface area contributed by atoms with Crippen LogP contribution in [-0.2, 0) is 4.79 Å². The lowest BCUT2D eigenvalue weighted by molar-refractivity contribution is -0.138. The highest BCUT2D eigenvalue weighted by atomic mass is 19.1. The van der Waals surface area contributed by atoms with Crippen molar-refractivity contribution in [1.82, 2.24) is 4.90 Å². The van der Waals surface area contributed by atoms with Gasteiger partial charge in [-0.3, -0.25) is 9.69 Å². The van der Waals surface area contributed by atoms with Crippen LogP contribution >= 0.6 is 0 Å². The molecule has 1 aromatic carbocycles. The van der Waals surface area contributed by atoms with Gasteiger partial charge in [0.2, 0.25) is 0 Å². The Morgan fingerprint density at radius 2 is 2.17 bits per heavy atom. The van der Waals surface area contributed by atoms with Crippen molar-refractivity contribution in [2.75, 3.05) is 13.1 Å². The van der Waals surface area contributed by atoms with Gasteiger partial charge in [-0.2, -0.15) is 0 Å². The second-order valence-electron chi connectivity index (χ2n) is 4.55. The molecule has 0 fully saturated rings. The van der Waals surface area contributed by atoms with E-state index in [0.29, 0.717) is 12.1 Å². The van der Waals surface area contributed by atoms with Gasteiger partial charge in [-0.25, -0.2) is 4.39 Å². The molecular weight excluding hydrogens is 233 g/mol. The van der Waals surface area contributed by atoms with Gasteiger partial charge in [0.25, 0.3) is 0 Å². The number of carbonyl (C=O) groups is 1. The van der Waals surface area contributed by atoms with Crippen LogP contribution in [0.25, 0.3) is 0 Å². The average Bonchev–Trinajstić information content (AvgIpc) is 2.31. The molecule has 0 saturated heterocycles. The number of hydrogen-bond donors (Lipinski definition) is 1. The zero-order chi connectivity index (χ0) is 13.7. The topological polar surface area (TPSA) is 40.5 Å². The Hall–Kier alpha value is -1.42. The Labute approximate surface area is 107 Å². The maximum atomic E-state index is 13.5.